The third-order valence-corrected chi connectivity index (χ3v) is 6.48. The van der Waals surface area contributed by atoms with Gasteiger partial charge < -0.3 is 4.74 Å². The van der Waals surface area contributed by atoms with Crippen molar-refractivity contribution in [3.63, 3.8) is 0 Å². The summed E-state index contributed by atoms with van der Waals surface area (Å²) >= 11 is 11.7. The van der Waals surface area contributed by atoms with Crippen LogP contribution in [0.1, 0.15) is 5.56 Å². The minimum absolute atomic E-state index is 0.642. The largest absolute Gasteiger partial charge is 0.492 e. The molecule has 2 heterocycles. The van der Waals surface area contributed by atoms with E-state index in [1.807, 2.05) is 35.0 Å². The van der Waals surface area contributed by atoms with Crippen LogP contribution in [0.15, 0.2) is 61.2 Å². The normalized spacial score (nSPS) is 15.0. The van der Waals surface area contributed by atoms with Crippen LogP contribution in [0, 0.1) is 11.7 Å². The van der Waals surface area contributed by atoms with Crippen molar-refractivity contribution >= 4 is 23.8 Å². The molecule has 0 spiro atoms. The fourth-order valence-electron chi connectivity index (χ4n) is 3.99. The van der Waals surface area contributed by atoms with Gasteiger partial charge in [-0.2, -0.15) is 5.10 Å². The summed E-state index contributed by atoms with van der Waals surface area (Å²) in [5, 5.41) is 5.61. The Morgan fingerprint density at radius 3 is 2.52 bits per heavy atom. The molecule has 4 rings (SSSR count). The topological polar surface area (TPSA) is 38.5 Å². The van der Waals surface area contributed by atoms with Gasteiger partial charge in [0.2, 0.25) is 0 Å². The Morgan fingerprint density at radius 1 is 1.09 bits per heavy atom. The quantitative estimate of drug-likeness (QED) is 0.320. The highest BCUT2D eigenvalue weighted by atomic mass is 35.5. The first-order valence-corrected chi connectivity index (χ1v) is 12.0. The first-order chi connectivity index (χ1) is 16.0. The molecule has 33 heavy (non-hydrogen) atoms. The summed E-state index contributed by atoms with van der Waals surface area (Å²) in [6.07, 6.45) is 1.87. The standard InChI is InChI=1S/C25H30ClN5OS/c1-3-11-30-24(21-6-4-5-20(2)18-21)27-31(25(30)33)19-29-14-12-28(13-15-29)16-17-32-23-9-7-22(26)8-10-23/h3-10,18H,1,11-17,19H2,2H3. The minimum Gasteiger partial charge on any atom is -0.492 e. The van der Waals surface area contributed by atoms with Gasteiger partial charge in [0, 0.05) is 49.9 Å². The number of allylic oxidation sites excluding steroid dienone is 1. The first kappa shape index (κ1) is 23.7. The van der Waals surface area contributed by atoms with Gasteiger partial charge in [-0.05, 0) is 49.5 Å². The average Bonchev–Trinajstić information content (AvgIpc) is 3.12. The summed E-state index contributed by atoms with van der Waals surface area (Å²) < 4.78 is 10.6. The highest BCUT2D eigenvalue weighted by molar-refractivity contribution is 7.71. The second kappa shape index (κ2) is 11.1. The Labute approximate surface area is 205 Å². The molecular formula is C25H30ClN5OS. The fraction of sp³-hybridized carbons (Fsp3) is 0.360. The molecule has 0 atom stereocenters. The molecule has 2 aromatic carbocycles. The highest BCUT2D eigenvalue weighted by Crippen LogP contribution is 2.20. The summed E-state index contributed by atoms with van der Waals surface area (Å²) in [6.45, 7) is 12.8. The Hall–Kier alpha value is -2.45. The van der Waals surface area contributed by atoms with Crippen molar-refractivity contribution in [3.8, 4) is 17.1 Å². The number of rotatable bonds is 9. The van der Waals surface area contributed by atoms with Gasteiger partial charge in [0.05, 0.1) is 6.67 Å². The Morgan fingerprint density at radius 2 is 1.82 bits per heavy atom. The molecule has 1 aliphatic heterocycles. The van der Waals surface area contributed by atoms with E-state index in [2.05, 4.69) is 52.1 Å². The smallest absolute Gasteiger partial charge is 0.199 e. The van der Waals surface area contributed by atoms with Gasteiger partial charge in [-0.1, -0.05) is 41.4 Å². The second-order valence-corrected chi connectivity index (χ2v) is 9.08. The number of hydrogen-bond acceptors (Lipinski definition) is 5. The third-order valence-electron chi connectivity index (χ3n) is 5.80. The van der Waals surface area contributed by atoms with Crippen LogP contribution in [0.4, 0.5) is 0 Å². The lowest BCUT2D eigenvalue weighted by molar-refractivity contribution is 0.0920. The second-order valence-electron chi connectivity index (χ2n) is 8.28. The van der Waals surface area contributed by atoms with Crippen LogP contribution >= 0.6 is 23.8 Å². The van der Waals surface area contributed by atoms with Crippen molar-refractivity contribution in [1.82, 2.24) is 24.1 Å². The van der Waals surface area contributed by atoms with E-state index in [-0.39, 0.29) is 0 Å². The van der Waals surface area contributed by atoms with Gasteiger partial charge in [-0.15, -0.1) is 6.58 Å². The molecule has 0 aliphatic carbocycles. The van der Waals surface area contributed by atoms with Crippen molar-refractivity contribution in [2.24, 2.45) is 0 Å². The van der Waals surface area contributed by atoms with Crippen molar-refractivity contribution < 1.29 is 4.74 Å². The molecule has 174 valence electrons. The number of hydrogen-bond donors (Lipinski definition) is 0. The van der Waals surface area contributed by atoms with Crippen LogP contribution in [0.5, 0.6) is 5.75 Å². The molecule has 1 aromatic heterocycles. The van der Waals surface area contributed by atoms with E-state index in [0.717, 1.165) is 59.7 Å². The zero-order valence-corrected chi connectivity index (χ0v) is 20.6. The Bertz CT molecular complexity index is 1130. The van der Waals surface area contributed by atoms with Crippen molar-refractivity contribution in [3.05, 3.63) is 76.5 Å². The zero-order valence-electron chi connectivity index (χ0n) is 19.0. The average molecular weight is 484 g/mol. The van der Waals surface area contributed by atoms with E-state index in [4.69, 9.17) is 33.7 Å². The van der Waals surface area contributed by atoms with Crippen molar-refractivity contribution in [1.29, 1.82) is 0 Å². The van der Waals surface area contributed by atoms with Gasteiger partial charge in [0.1, 0.15) is 12.4 Å². The summed E-state index contributed by atoms with van der Waals surface area (Å²) in [5.41, 5.74) is 2.28. The van der Waals surface area contributed by atoms with Crippen LogP contribution in [0.3, 0.4) is 0 Å². The molecular weight excluding hydrogens is 454 g/mol. The van der Waals surface area contributed by atoms with E-state index in [1.54, 1.807) is 0 Å². The lowest BCUT2D eigenvalue weighted by Crippen LogP contribution is -2.47. The number of benzene rings is 2. The van der Waals surface area contributed by atoms with Gasteiger partial charge in [-0.25, -0.2) is 4.68 Å². The molecule has 8 heteroatoms. The number of ether oxygens (including phenoxy) is 1. The molecule has 1 saturated heterocycles. The van der Waals surface area contributed by atoms with E-state index >= 15 is 0 Å². The minimum atomic E-state index is 0.642. The third kappa shape index (κ3) is 6.12. The number of aromatic nitrogens is 3. The van der Waals surface area contributed by atoms with Gasteiger partial charge in [0.15, 0.2) is 10.6 Å². The van der Waals surface area contributed by atoms with Gasteiger partial charge in [0.25, 0.3) is 0 Å². The fourth-order valence-corrected chi connectivity index (χ4v) is 4.38. The maximum absolute atomic E-state index is 5.93. The van der Waals surface area contributed by atoms with E-state index in [0.29, 0.717) is 19.8 Å². The van der Waals surface area contributed by atoms with Crippen LogP contribution in [-0.4, -0.2) is 63.5 Å². The monoisotopic (exact) mass is 483 g/mol. The van der Waals surface area contributed by atoms with Gasteiger partial charge in [-0.3, -0.25) is 14.4 Å². The molecule has 0 bridgehead atoms. The first-order valence-electron chi connectivity index (χ1n) is 11.2. The van der Waals surface area contributed by atoms with E-state index < -0.39 is 0 Å². The summed E-state index contributed by atoms with van der Waals surface area (Å²) in [4.78, 5) is 4.83. The zero-order chi connectivity index (χ0) is 23.2. The Kier molecular flexibility index (Phi) is 7.98. The van der Waals surface area contributed by atoms with Crippen LogP contribution in [0.2, 0.25) is 5.02 Å². The molecule has 3 aromatic rings. The molecule has 6 nitrogen and oxygen atoms in total. The molecule has 0 unspecified atom stereocenters. The summed E-state index contributed by atoms with van der Waals surface area (Å²) in [5.74, 6) is 1.74. The van der Waals surface area contributed by atoms with Crippen LogP contribution < -0.4 is 4.74 Å². The number of aryl methyl sites for hydroxylation is 1. The predicted molar refractivity (Wildman–Crippen MR) is 136 cm³/mol. The molecule has 0 radical (unpaired) electrons. The lowest BCUT2D eigenvalue weighted by Gasteiger charge is -2.34. The number of halogens is 1. The SMILES string of the molecule is C=CCn1c(-c2cccc(C)c2)nn(CN2CCN(CCOc3ccc(Cl)cc3)CC2)c1=S. The maximum Gasteiger partial charge on any atom is 0.199 e. The van der Waals surface area contributed by atoms with Crippen molar-refractivity contribution in [2.45, 2.75) is 20.1 Å². The molecule has 0 saturated carbocycles. The summed E-state index contributed by atoms with van der Waals surface area (Å²) in [6, 6.07) is 15.9. The lowest BCUT2D eigenvalue weighted by atomic mass is 10.1. The summed E-state index contributed by atoms with van der Waals surface area (Å²) in [7, 11) is 0. The highest BCUT2D eigenvalue weighted by Gasteiger charge is 2.19. The Balaban J connectivity index is 1.33. The van der Waals surface area contributed by atoms with Gasteiger partial charge >= 0.3 is 0 Å². The van der Waals surface area contributed by atoms with Crippen LogP contribution in [0.25, 0.3) is 11.4 Å². The molecule has 0 N–H and O–H groups in total. The van der Waals surface area contributed by atoms with Crippen molar-refractivity contribution in [2.75, 3.05) is 39.3 Å². The number of nitrogens with zero attached hydrogens (tertiary/aromatic N) is 5. The van der Waals surface area contributed by atoms with E-state index in [9.17, 15) is 0 Å². The van der Waals surface area contributed by atoms with Crippen LogP contribution in [-0.2, 0) is 13.2 Å². The molecule has 1 fully saturated rings. The maximum atomic E-state index is 5.93. The predicted octanol–water partition coefficient (Wildman–Crippen LogP) is 4.88. The molecule has 1 aliphatic rings. The van der Waals surface area contributed by atoms with E-state index in [1.165, 1.54) is 5.56 Å². The molecule has 0 amide bonds. The number of piperazine rings is 1.